The van der Waals surface area contributed by atoms with Gasteiger partial charge in [0.05, 0.1) is 10.3 Å². The predicted octanol–water partition coefficient (Wildman–Crippen LogP) is 2.48. The van der Waals surface area contributed by atoms with Gasteiger partial charge >= 0.3 is 12.3 Å². The lowest BCUT2D eigenvalue weighted by Gasteiger charge is -2.09. The zero-order chi connectivity index (χ0) is 13.5. The summed E-state index contributed by atoms with van der Waals surface area (Å²) in [7, 11) is 0. The van der Waals surface area contributed by atoms with Crippen molar-refractivity contribution < 1.29 is 27.8 Å². The maximum absolute atomic E-state index is 12.2. The molecule has 0 aliphatic carbocycles. The van der Waals surface area contributed by atoms with Crippen LogP contribution in [-0.2, 0) is 0 Å². The van der Waals surface area contributed by atoms with Crippen LogP contribution in [0.2, 0.25) is 0 Å². The fraction of sp³-hybridized carbons (Fsp3) is 0.111. The van der Waals surface area contributed by atoms with E-state index in [2.05, 4.69) is 9.72 Å². The van der Waals surface area contributed by atoms with E-state index >= 15 is 0 Å². The Morgan fingerprint density at radius 3 is 2.67 bits per heavy atom. The third-order valence-corrected chi connectivity index (χ3v) is 2.78. The molecule has 0 aliphatic heterocycles. The highest BCUT2D eigenvalue weighted by atomic mass is 32.1. The first-order chi connectivity index (χ1) is 8.26. The van der Waals surface area contributed by atoms with Crippen LogP contribution in [0, 0.1) is 0 Å². The van der Waals surface area contributed by atoms with Gasteiger partial charge in [0.15, 0.2) is 10.9 Å². The number of hydrogen-bond acceptors (Lipinski definition) is 5. The third-order valence-electron chi connectivity index (χ3n) is 1.95. The van der Waals surface area contributed by atoms with E-state index in [1.54, 1.807) is 0 Å². The van der Waals surface area contributed by atoms with Gasteiger partial charge in [0.1, 0.15) is 5.52 Å². The first kappa shape index (κ1) is 12.4. The largest absolute Gasteiger partial charge is 0.573 e. The average molecular weight is 278 g/mol. The summed E-state index contributed by atoms with van der Waals surface area (Å²) in [5.41, 5.74) is 4.93. The average Bonchev–Trinajstić information content (AvgIpc) is 2.56. The summed E-state index contributed by atoms with van der Waals surface area (Å²) in [4.78, 5) is 14.5. The number of nitrogen functional groups attached to an aromatic ring is 1. The number of nitrogens with two attached hydrogens (primary N) is 1. The van der Waals surface area contributed by atoms with Crippen molar-refractivity contribution in [3.05, 3.63) is 17.7 Å². The SMILES string of the molecule is Nc1nc2c(OC(F)(F)F)cc(C(=O)O)cc2s1. The lowest BCUT2D eigenvalue weighted by Crippen LogP contribution is -2.17. The Kier molecular flexibility index (Phi) is 2.77. The van der Waals surface area contributed by atoms with E-state index in [4.69, 9.17) is 10.8 Å². The van der Waals surface area contributed by atoms with Crippen molar-refractivity contribution in [3.8, 4) is 5.75 Å². The summed E-state index contributed by atoms with van der Waals surface area (Å²) >= 11 is 0.880. The number of nitrogens with zero attached hydrogens (tertiary/aromatic N) is 1. The molecule has 0 amide bonds. The van der Waals surface area contributed by atoms with Crippen molar-refractivity contribution in [2.75, 3.05) is 5.73 Å². The molecular weight excluding hydrogens is 273 g/mol. The number of aromatic carboxylic acids is 1. The summed E-state index contributed by atoms with van der Waals surface area (Å²) in [5, 5.41) is 8.82. The molecule has 0 unspecified atom stereocenters. The number of benzene rings is 1. The molecule has 96 valence electrons. The second-order valence-corrected chi connectivity index (χ2v) is 4.29. The summed E-state index contributed by atoms with van der Waals surface area (Å²) in [5.74, 6) is -2.04. The molecule has 3 N–H and O–H groups in total. The minimum Gasteiger partial charge on any atom is -0.478 e. The predicted molar refractivity (Wildman–Crippen MR) is 57.7 cm³/mol. The first-order valence-corrected chi connectivity index (χ1v) is 5.27. The number of carbonyl (C=O) groups is 1. The topological polar surface area (TPSA) is 85.4 Å². The summed E-state index contributed by atoms with van der Waals surface area (Å²) in [6.07, 6.45) is -4.93. The first-order valence-electron chi connectivity index (χ1n) is 4.45. The molecule has 18 heavy (non-hydrogen) atoms. The number of ether oxygens (including phenoxy) is 1. The lowest BCUT2D eigenvalue weighted by molar-refractivity contribution is -0.274. The Bertz CT molecular complexity index is 623. The van der Waals surface area contributed by atoms with E-state index in [1.807, 2.05) is 0 Å². The number of thiazole rings is 1. The van der Waals surface area contributed by atoms with Gasteiger partial charge in [-0.3, -0.25) is 0 Å². The van der Waals surface area contributed by atoms with Crippen LogP contribution in [0.1, 0.15) is 10.4 Å². The molecule has 2 rings (SSSR count). The molecule has 5 nitrogen and oxygen atoms in total. The molecular formula is C9H5F3N2O3S. The number of aromatic nitrogens is 1. The molecule has 0 saturated heterocycles. The van der Waals surface area contributed by atoms with E-state index < -0.39 is 18.1 Å². The van der Waals surface area contributed by atoms with Gasteiger partial charge in [-0.15, -0.1) is 13.2 Å². The summed E-state index contributed by atoms with van der Waals surface area (Å²) in [6, 6.07) is 1.95. The van der Waals surface area contributed by atoms with Crippen molar-refractivity contribution in [2.24, 2.45) is 0 Å². The smallest absolute Gasteiger partial charge is 0.478 e. The second kappa shape index (κ2) is 4.02. The molecule has 1 aromatic heterocycles. The molecule has 2 aromatic rings. The monoisotopic (exact) mass is 278 g/mol. The van der Waals surface area contributed by atoms with Crippen LogP contribution in [0.25, 0.3) is 10.2 Å². The van der Waals surface area contributed by atoms with Crippen LogP contribution in [-0.4, -0.2) is 22.4 Å². The normalized spacial score (nSPS) is 11.7. The third kappa shape index (κ3) is 2.45. The van der Waals surface area contributed by atoms with Gasteiger partial charge in [0, 0.05) is 0 Å². The van der Waals surface area contributed by atoms with Crippen LogP contribution in [0.3, 0.4) is 0 Å². The van der Waals surface area contributed by atoms with E-state index in [0.717, 1.165) is 17.4 Å². The number of anilines is 1. The molecule has 0 fully saturated rings. The van der Waals surface area contributed by atoms with Crippen molar-refractivity contribution >= 4 is 32.7 Å². The van der Waals surface area contributed by atoms with Gasteiger partial charge in [0.2, 0.25) is 0 Å². The van der Waals surface area contributed by atoms with Crippen molar-refractivity contribution in [2.45, 2.75) is 6.36 Å². The van der Waals surface area contributed by atoms with Gasteiger partial charge < -0.3 is 15.6 Å². The molecule has 9 heteroatoms. The highest BCUT2D eigenvalue weighted by Gasteiger charge is 2.33. The van der Waals surface area contributed by atoms with Crippen molar-refractivity contribution in [3.63, 3.8) is 0 Å². The van der Waals surface area contributed by atoms with Gasteiger partial charge in [-0.05, 0) is 12.1 Å². The highest BCUT2D eigenvalue weighted by molar-refractivity contribution is 7.22. The summed E-state index contributed by atoms with van der Waals surface area (Å²) in [6.45, 7) is 0. The number of halogens is 3. The van der Waals surface area contributed by atoms with Gasteiger partial charge in [-0.2, -0.15) is 0 Å². The van der Waals surface area contributed by atoms with Gasteiger partial charge in [0.25, 0.3) is 0 Å². The molecule has 1 aromatic carbocycles. The fourth-order valence-corrected chi connectivity index (χ4v) is 2.13. The number of hydrogen-bond donors (Lipinski definition) is 2. The molecule has 1 heterocycles. The molecule has 0 atom stereocenters. The molecule has 0 bridgehead atoms. The minimum atomic E-state index is -4.93. The van der Waals surface area contributed by atoms with Crippen LogP contribution in [0.15, 0.2) is 12.1 Å². The Balaban J connectivity index is 2.64. The van der Waals surface area contributed by atoms with E-state index in [-0.39, 0.29) is 20.9 Å². The Morgan fingerprint density at radius 2 is 2.11 bits per heavy atom. The number of carboxylic acid groups (broad SMARTS) is 1. The van der Waals surface area contributed by atoms with Crippen LogP contribution < -0.4 is 10.5 Å². The standard InChI is InChI=1S/C9H5F3N2O3S/c10-9(11,12)17-4-1-3(7(15)16)2-5-6(4)14-8(13)18-5/h1-2H,(H2,13,14)(H,15,16). The van der Waals surface area contributed by atoms with Crippen LogP contribution in [0.4, 0.5) is 18.3 Å². The van der Waals surface area contributed by atoms with Crippen LogP contribution >= 0.6 is 11.3 Å². The zero-order valence-electron chi connectivity index (χ0n) is 8.49. The molecule has 0 radical (unpaired) electrons. The minimum absolute atomic E-state index is 0.0274. The number of rotatable bonds is 2. The van der Waals surface area contributed by atoms with Gasteiger partial charge in [-0.25, -0.2) is 9.78 Å². The molecule has 0 saturated carbocycles. The maximum atomic E-state index is 12.2. The number of alkyl halides is 3. The zero-order valence-corrected chi connectivity index (χ0v) is 9.30. The quantitative estimate of drug-likeness (QED) is 0.881. The van der Waals surface area contributed by atoms with Gasteiger partial charge in [-0.1, -0.05) is 11.3 Å². The Hall–Kier alpha value is -2.03. The Morgan fingerprint density at radius 1 is 1.44 bits per heavy atom. The number of fused-ring (bicyclic) bond motifs is 1. The lowest BCUT2D eigenvalue weighted by atomic mass is 10.2. The number of carboxylic acids is 1. The second-order valence-electron chi connectivity index (χ2n) is 3.23. The summed E-state index contributed by atoms with van der Waals surface area (Å²) < 4.78 is 40.5. The molecule has 0 spiro atoms. The molecule has 0 aliphatic rings. The van der Waals surface area contributed by atoms with Crippen molar-refractivity contribution in [1.82, 2.24) is 4.98 Å². The van der Waals surface area contributed by atoms with E-state index in [9.17, 15) is 18.0 Å². The fourth-order valence-electron chi connectivity index (χ4n) is 1.34. The van der Waals surface area contributed by atoms with Crippen molar-refractivity contribution in [1.29, 1.82) is 0 Å². The Labute approximate surface area is 102 Å². The maximum Gasteiger partial charge on any atom is 0.573 e. The van der Waals surface area contributed by atoms with Crippen LogP contribution in [0.5, 0.6) is 5.75 Å². The highest BCUT2D eigenvalue weighted by Crippen LogP contribution is 2.35. The van der Waals surface area contributed by atoms with E-state index in [1.165, 1.54) is 6.07 Å². The van der Waals surface area contributed by atoms with E-state index in [0.29, 0.717) is 0 Å².